The van der Waals surface area contributed by atoms with Crippen molar-refractivity contribution in [2.45, 2.75) is 6.54 Å². The number of benzene rings is 3. The molecule has 0 fully saturated rings. The molecule has 9 heteroatoms. The van der Waals surface area contributed by atoms with Gasteiger partial charge in [0.05, 0.1) is 11.1 Å². The monoisotopic (exact) mass is 429 g/mol. The summed E-state index contributed by atoms with van der Waals surface area (Å²) in [6.45, 7) is -0.174. The third-order valence-electron chi connectivity index (χ3n) is 4.86. The molecule has 0 radical (unpaired) electrons. The fourth-order valence-electron chi connectivity index (χ4n) is 3.21. The van der Waals surface area contributed by atoms with E-state index in [1.54, 1.807) is 36.4 Å². The van der Waals surface area contributed by atoms with Crippen molar-refractivity contribution >= 4 is 11.7 Å². The Morgan fingerprint density at radius 1 is 0.844 bits per heavy atom. The zero-order valence-corrected chi connectivity index (χ0v) is 16.8. The summed E-state index contributed by atoms with van der Waals surface area (Å²) in [5.74, 6) is 4.84. The number of hydrogen-bond acceptors (Lipinski definition) is 7. The lowest BCUT2D eigenvalue weighted by Gasteiger charge is -2.07. The van der Waals surface area contributed by atoms with Crippen molar-refractivity contribution in [2.75, 3.05) is 0 Å². The van der Waals surface area contributed by atoms with Crippen LogP contribution in [0.25, 0.3) is 22.8 Å². The fourth-order valence-corrected chi connectivity index (χ4v) is 3.21. The maximum atomic E-state index is 12.9. The van der Waals surface area contributed by atoms with Gasteiger partial charge >= 0.3 is 0 Å². The smallest absolute Gasteiger partial charge is 0.265 e. The van der Waals surface area contributed by atoms with E-state index in [0.29, 0.717) is 22.3 Å². The van der Waals surface area contributed by atoms with Gasteiger partial charge in [-0.15, -0.1) is 5.10 Å². The molecule has 0 saturated carbocycles. The van der Waals surface area contributed by atoms with Gasteiger partial charge < -0.3 is 10.2 Å². The topological polar surface area (TPSA) is 143 Å². The van der Waals surface area contributed by atoms with Crippen LogP contribution in [0.4, 0.5) is 0 Å². The molecule has 0 aliphatic carbocycles. The van der Waals surface area contributed by atoms with Crippen LogP contribution >= 0.6 is 0 Å². The van der Waals surface area contributed by atoms with Gasteiger partial charge in [0, 0.05) is 11.1 Å². The van der Waals surface area contributed by atoms with Crippen molar-refractivity contribution in [3.63, 3.8) is 0 Å². The number of nitrogens with two attached hydrogens (primary N) is 1. The molecule has 9 nitrogen and oxygen atoms in total. The van der Waals surface area contributed by atoms with Gasteiger partial charge in [0.1, 0.15) is 18.0 Å². The average molecular weight is 429 g/mol. The highest BCUT2D eigenvalue weighted by molar-refractivity contribution is 5.98. The van der Waals surface area contributed by atoms with Crippen molar-refractivity contribution in [3.8, 4) is 34.3 Å². The van der Waals surface area contributed by atoms with E-state index in [2.05, 4.69) is 10.1 Å². The lowest BCUT2D eigenvalue weighted by atomic mass is 10.1. The van der Waals surface area contributed by atoms with Gasteiger partial charge in [-0.05, 0) is 36.4 Å². The molecule has 32 heavy (non-hydrogen) atoms. The molecule has 1 heterocycles. The molecule has 0 saturated heterocycles. The molecule has 1 amide bonds. The predicted molar refractivity (Wildman–Crippen MR) is 117 cm³/mol. The highest BCUT2D eigenvalue weighted by atomic mass is 16.3. The van der Waals surface area contributed by atoms with E-state index in [0.717, 1.165) is 0 Å². The normalized spacial score (nSPS) is 10.7. The maximum absolute atomic E-state index is 12.9. The van der Waals surface area contributed by atoms with Crippen molar-refractivity contribution < 1.29 is 19.8 Å². The first-order valence-electron chi connectivity index (χ1n) is 9.63. The average Bonchev–Trinajstić information content (AvgIpc) is 3.22. The summed E-state index contributed by atoms with van der Waals surface area (Å²) < 4.78 is 1.37. The Bertz CT molecular complexity index is 1300. The van der Waals surface area contributed by atoms with Crippen LogP contribution in [-0.2, 0) is 6.54 Å². The van der Waals surface area contributed by atoms with Crippen LogP contribution in [0.3, 0.4) is 0 Å². The van der Waals surface area contributed by atoms with E-state index in [4.69, 9.17) is 5.84 Å². The Kier molecular flexibility index (Phi) is 5.65. The minimum absolute atomic E-state index is 0.00595. The largest absolute Gasteiger partial charge is 0.507 e. The summed E-state index contributed by atoms with van der Waals surface area (Å²) in [6.07, 6.45) is 0. The Labute approximate surface area is 182 Å². The van der Waals surface area contributed by atoms with Gasteiger partial charge in [-0.1, -0.05) is 36.4 Å². The third-order valence-corrected chi connectivity index (χ3v) is 4.86. The molecule has 0 atom stereocenters. The fraction of sp³-hybridized carbons (Fsp3) is 0.0435. The first-order valence-corrected chi connectivity index (χ1v) is 9.63. The van der Waals surface area contributed by atoms with Crippen LogP contribution in [0.1, 0.15) is 20.7 Å². The zero-order chi connectivity index (χ0) is 22.7. The molecule has 4 rings (SSSR count). The van der Waals surface area contributed by atoms with Crippen LogP contribution in [-0.4, -0.2) is 36.7 Å². The maximum Gasteiger partial charge on any atom is 0.265 e. The lowest BCUT2D eigenvalue weighted by molar-refractivity contribution is 0.0947. The first-order chi connectivity index (χ1) is 15.5. The molecule has 3 aromatic carbocycles. The summed E-state index contributed by atoms with van der Waals surface area (Å²) in [7, 11) is 0. The number of carbonyl (C=O) groups excluding carboxylic acids is 2. The van der Waals surface area contributed by atoms with Gasteiger partial charge in [-0.2, -0.15) is 0 Å². The number of phenolic OH excluding ortho intramolecular Hbond substituents is 2. The molecular formula is C23H19N5O4. The zero-order valence-electron chi connectivity index (χ0n) is 16.8. The Morgan fingerprint density at radius 3 is 2.00 bits per heavy atom. The number of aromatic hydroxyl groups is 2. The highest BCUT2D eigenvalue weighted by Crippen LogP contribution is 2.32. The number of aromatic nitrogens is 3. The number of nitrogen functional groups attached to an aromatic ring is 1. The molecular weight excluding hydrogens is 410 g/mol. The first kappa shape index (κ1) is 20.8. The highest BCUT2D eigenvalue weighted by Gasteiger charge is 2.20. The second kappa shape index (κ2) is 8.70. The minimum Gasteiger partial charge on any atom is -0.507 e. The second-order valence-corrected chi connectivity index (χ2v) is 6.92. The number of rotatable bonds is 6. The third kappa shape index (κ3) is 4.05. The molecule has 0 unspecified atom stereocenters. The van der Waals surface area contributed by atoms with Crippen LogP contribution in [0, 0.1) is 0 Å². The van der Waals surface area contributed by atoms with E-state index in [1.165, 1.54) is 41.1 Å². The van der Waals surface area contributed by atoms with Crippen molar-refractivity contribution in [1.29, 1.82) is 0 Å². The number of para-hydroxylation sites is 2. The number of phenols is 2. The summed E-state index contributed by atoms with van der Waals surface area (Å²) in [4.78, 5) is 29.0. The van der Waals surface area contributed by atoms with E-state index in [9.17, 15) is 19.8 Å². The van der Waals surface area contributed by atoms with Crippen LogP contribution in [0.15, 0.2) is 72.8 Å². The molecule has 1 aromatic heterocycles. The van der Waals surface area contributed by atoms with E-state index < -0.39 is 5.91 Å². The van der Waals surface area contributed by atoms with Gasteiger partial charge in [-0.25, -0.2) is 15.5 Å². The van der Waals surface area contributed by atoms with Gasteiger partial charge in [0.25, 0.3) is 5.91 Å². The molecule has 0 spiro atoms. The Balaban J connectivity index is 1.72. The van der Waals surface area contributed by atoms with E-state index in [1.807, 2.05) is 5.43 Å². The number of nitrogens with one attached hydrogen (secondary N) is 1. The van der Waals surface area contributed by atoms with Gasteiger partial charge in [0.15, 0.2) is 17.4 Å². The summed E-state index contributed by atoms with van der Waals surface area (Å²) in [5, 5.41) is 24.9. The number of ketones is 1. The standard InChI is InChI=1S/C23H19N5O4/c24-26-23(32)15-11-9-14(10-12-15)20(31)13-28-22(17-6-2-4-8-19(17)30)25-21(27-28)16-5-1-3-7-18(16)29/h1-12,29-30H,13,24H2,(H,26,32). The number of hydrogen-bond donors (Lipinski definition) is 4. The van der Waals surface area contributed by atoms with Crippen molar-refractivity contribution in [2.24, 2.45) is 5.84 Å². The summed E-state index contributed by atoms with van der Waals surface area (Å²) >= 11 is 0. The van der Waals surface area contributed by atoms with Crippen LogP contribution in [0.5, 0.6) is 11.5 Å². The summed E-state index contributed by atoms with van der Waals surface area (Å²) in [5.41, 5.74) is 3.51. The molecule has 4 aromatic rings. The molecule has 0 aliphatic heterocycles. The quantitative estimate of drug-likeness (QED) is 0.160. The lowest BCUT2D eigenvalue weighted by Crippen LogP contribution is -2.29. The van der Waals surface area contributed by atoms with Crippen molar-refractivity contribution in [1.82, 2.24) is 20.2 Å². The van der Waals surface area contributed by atoms with Gasteiger partial charge in [0.2, 0.25) is 0 Å². The van der Waals surface area contributed by atoms with E-state index in [-0.39, 0.29) is 35.5 Å². The number of amides is 1. The van der Waals surface area contributed by atoms with Crippen LogP contribution < -0.4 is 11.3 Å². The number of carbonyl (C=O) groups is 2. The SMILES string of the molecule is NNC(=O)c1ccc(C(=O)Cn2nc(-c3ccccc3O)nc2-c2ccccc2O)cc1. The van der Waals surface area contributed by atoms with Crippen molar-refractivity contribution in [3.05, 3.63) is 83.9 Å². The summed E-state index contributed by atoms with van der Waals surface area (Å²) in [6, 6.07) is 19.2. The second-order valence-electron chi connectivity index (χ2n) is 6.92. The molecule has 5 N–H and O–H groups in total. The number of nitrogens with zero attached hydrogens (tertiary/aromatic N) is 3. The van der Waals surface area contributed by atoms with Gasteiger partial charge in [-0.3, -0.25) is 15.0 Å². The molecule has 0 aliphatic rings. The van der Waals surface area contributed by atoms with Crippen LogP contribution in [0.2, 0.25) is 0 Å². The number of Topliss-reactive ketones (excluding diaryl/α,β-unsaturated/α-hetero) is 1. The molecule has 160 valence electrons. The Hall–Kier alpha value is -4.50. The number of hydrazine groups is 1. The minimum atomic E-state index is -0.463. The molecule has 0 bridgehead atoms. The predicted octanol–water partition coefficient (Wildman–Crippen LogP) is 2.51. The van der Waals surface area contributed by atoms with E-state index >= 15 is 0 Å². The Morgan fingerprint density at radius 2 is 1.41 bits per heavy atom.